The van der Waals surface area contributed by atoms with E-state index < -0.39 is 0 Å². The van der Waals surface area contributed by atoms with E-state index in [0.29, 0.717) is 25.7 Å². The Morgan fingerprint density at radius 2 is 2.00 bits per heavy atom. The Balaban J connectivity index is 2.56. The van der Waals surface area contributed by atoms with Crippen molar-refractivity contribution in [2.75, 3.05) is 13.2 Å². The van der Waals surface area contributed by atoms with Gasteiger partial charge in [-0.25, -0.2) is 0 Å². The minimum absolute atomic E-state index is 0.173. The molecule has 1 rings (SSSR count). The fourth-order valence-corrected chi connectivity index (χ4v) is 2.48. The van der Waals surface area contributed by atoms with Crippen molar-refractivity contribution in [3.05, 3.63) is 31.3 Å². The van der Waals surface area contributed by atoms with Gasteiger partial charge in [-0.1, -0.05) is 23.2 Å². The molecule has 0 atom stereocenters. The lowest BCUT2D eigenvalue weighted by molar-refractivity contribution is 0.0952. The smallest absolute Gasteiger partial charge is 0.252 e. The van der Waals surface area contributed by atoms with Gasteiger partial charge in [0.05, 0.1) is 10.6 Å². The van der Waals surface area contributed by atoms with Crippen LogP contribution in [0, 0.1) is 3.57 Å². The quantitative estimate of drug-likeness (QED) is 0.435. The molecular weight excluding hydrogens is 388 g/mol. The summed E-state index contributed by atoms with van der Waals surface area (Å²) in [7, 11) is 0. The van der Waals surface area contributed by atoms with Gasteiger partial charge in [0.1, 0.15) is 0 Å². The standard InChI is InChI=1S/C12H14Cl2INO2/c13-8-6-9(11(15)10(14)7-8)12(18)16-4-2-1-3-5-17/h6-7,17H,1-5H2,(H,16,18). The van der Waals surface area contributed by atoms with Crippen molar-refractivity contribution < 1.29 is 9.90 Å². The average Bonchev–Trinajstić information content (AvgIpc) is 2.33. The lowest BCUT2D eigenvalue weighted by atomic mass is 10.2. The van der Waals surface area contributed by atoms with Crippen molar-refractivity contribution in [3.63, 3.8) is 0 Å². The van der Waals surface area contributed by atoms with Crippen LogP contribution in [0.25, 0.3) is 0 Å². The van der Waals surface area contributed by atoms with Crippen LogP contribution in [0.15, 0.2) is 12.1 Å². The first-order valence-electron chi connectivity index (χ1n) is 5.60. The van der Waals surface area contributed by atoms with Crippen LogP contribution in [-0.2, 0) is 0 Å². The molecule has 100 valence electrons. The summed E-state index contributed by atoms with van der Waals surface area (Å²) in [6, 6.07) is 3.22. The molecule has 0 aromatic heterocycles. The number of aliphatic hydroxyl groups excluding tert-OH is 1. The third kappa shape index (κ3) is 4.91. The summed E-state index contributed by atoms with van der Waals surface area (Å²) in [6.45, 7) is 0.773. The van der Waals surface area contributed by atoms with E-state index in [0.717, 1.165) is 19.3 Å². The second-order valence-corrected chi connectivity index (χ2v) is 5.71. The van der Waals surface area contributed by atoms with E-state index in [1.54, 1.807) is 12.1 Å². The summed E-state index contributed by atoms with van der Waals surface area (Å²) < 4.78 is 0.700. The monoisotopic (exact) mass is 401 g/mol. The molecule has 0 fully saturated rings. The maximum Gasteiger partial charge on any atom is 0.252 e. The van der Waals surface area contributed by atoms with Crippen LogP contribution in [0.3, 0.4) is 0 Å². The molecule has 18 heavy (non-hydrogen) atoms. The maximum absolute atomic E-state index is 11.9. The largest absolute Gasteiger partial charge is 0.396 e. The van der Waals surface area contributed by atoms with Crippen molar-refractivity contribution in [1.29, 1.82) is 0 Å². The molecule has 0 radical (unpaired) electrons. The zero-order valence-electron chi connectivity index (χ0n) is 9.68. The number of aliphatic hydroxyl groups is 1. The molecule has 0 saturated heterocycles. The van der Waals surface area contributed by atoms with Crippen molar-refractivity contribution >= 4 is 51.7 Å². The highest BCUT2D eigenvalue weighted by Gasteiger charge is 2.13. The van der Waals surface area contributed by atoms with Crippen LogP contribution < -0.4 is 5.32 Å². The third-order valence-electron chi connectivity index (χ3n) is 2.36. The molecule has 0 aliphatic carbocycles. The summed E-state index contributed by atoms with van der Waals surface area (Å²) in [5, 5.41) is 12.4. The summed E-state index contributed by atoms with van der Waals surface area (Å²) in [5.41, 5.74) is 0.496. The lowest BCUT2D eigenvalue weighted by Crippen LogP contribution is -2.25. The molecular formula is C12H14Cl2INO2. The van der Waals surface area contributed by atoms with Gasteiger partial charge in [-0.05, 0) is 54.0 Å². The van der Waals surface area contributed by atoms with E-state index in [4.69, 9.17) is 28.3 Å². The zero-order valence-corrected chi connectivity index (χ0v) is 13.3. The molecule has 1 aromatic carbocycles. The molecule has 0 unspecified atom stereocenters. The Kier molecular flexibility index (Phi) is 7.29. The molecule has 0 spiro atoms. The summed E-state index contributed by atoms with van der Waals surface area (Å²) in [6.07, 6.45) is 2.50. The first-order chi connectivity index (χ1) is 8.56. The number of benzene rings is 1. The van der Waals surface area contributed by atoms with E-state index in [1.807, 2.05) is 22.6 Å². The number of carbonyl (C=O) groups is 1. The highest BCUT2D eigenvalue weighted by atomic mass is 127. The van der Waals surface area contributed by atoms with Crippen molar-refractivity contribution in [2.24, 2.45) is 0 Å². The van der Waals surface area contributed by atoms with Gasteiger partial charge in [-0.15, -0.1) is 0 Å². The molecule has 1 amide bonds. The van der Waals surface area contributed by atoms with Gasteiger partial charge in [0.25, 0.3) is 5.91 Å². The number of nitrogens with one attached hydrogen (secondary N) is 1. The van der Waals surface area contributed by atoms with Gasteiger partial charge in [0.2, 0.25) is 0 Å². The third-order valence-corrected chi connectivity index (χ3v) is 4.36. The number of carbonyl (C=O) groups excluding carboxylic acids is 1. The lowest BCUT2D eigenvalue weighted by Gasteiger charge is -2.08. The number of halogens is 3. The molecule has 6 heteroatoms. The van der Waals surface area contributed by atoms with Gasteiger partial charge in [0.15, 0.2) is 0 Å². The molecule has 0 heterocycles. The van der Waals surface area contributed by atoms with Gasteiger partial charge < -0.3 is 10.4 Å². The van der Waals surface area contributed by atoms with Crippen LogP contribution in [0.5, 0.6) is 0 Å². The van der Waals surface area contributed by atoms with Crippen molar-refractivity contribution in [3.8, 4) is 0 Å². The molecule has 0 saturated carbocycles. The fourth-order valence-electron chi connectivity index (χ4n) is 1.43. The normalized spacial score (nSPS) is 10.4. The molecule has 0 bridgehead atoms. The number of hydrogen-bond acceptors (Lipinski definition) is 2. The topological polar surface area (TPSA) is 49.3 Å². The predicted molar refractivity (Wildman–Crippen MR) is 82.4 cm³/mol. The molecule has 0 aliphatic heterocycles. The van der Waals surface area contributed by atoms with Crippen LogP contribution in [0.4, 0.5) is 0 Å². The molecule has 1 aromatic rings. The minimum Gasteiger partial charge on any atom is -0.396 e. The predicted octanol–water partition coefficient (Wildman–Crippen LogP) is 3.49. The van der Waals surface area contributed by atoms with Crippen LogP contribution in [-0.4, -0.2) is 24.2 Å². The highest BCUT2D eigenvalue weighted by Crippen LogP contribution is 2.26. The van der Waals surface area contributed by atoms with Crippen molar-refractivity contribution in [1.82, 2.24) is 5.32 Å². The van der Waals surface area contributed by atoms with Gasteiger partial charge in [-0.3, -0.25) is 4.79 Å². The Bertz CT molecular complexity index is 427. The second kappa shape index (κ2) is 8.19. The Hall–Kier alpha value is -0.0400. The highest BCUT2D eigenvalue weighted by molar-refractivity contribution is 14.1. The van der Waals surface area contributed by atoms with Crippen LogP contribution in [0.1, 0.15) is 29.6 Å². The van der Waals surface area contributed by atoms with Gasteiger partial charge >= 0.3 is 0 Å². The van der Waals surface area contributed by atoms with Crippen molar-refractivity contribution in [2.45, 2.75) is 19.3 Å². The zero-order chi connectivity index (χ0) is 13.5. The van der Waals surface area contributed by atoms with E-state index in [9.17, 15) is 4.79 Å². The van der Waals surface area contributed by atoms with E-state index in [2.05, 4.69) is 5.32 Å². The first kappa shape index (κ1) is 16.0. The number of unbranched alkanes of at least 4 members (excludes halogenated alkanes) is 2. The fraction of sp³-hybridized carbons (Fsp3) is 0.417. The van der Waals surface area contributed by atoms with Gasteiger partial charge in [0, 0.05) is 21.7 Å². The number of rotatable bonds is 6. The second-order valence-electron chi connectivity index (χ2n) is 3.79. The van der Waals surface area contributed by atoms with E-state index in [1.165, 1.54) is 0 Å². The summed E-state index contributed by atoms with van der Waals surface area (Å²) in [5.74, 6) is -0.173. The summed E-state index contributed by atoms with van der Waals surface area (Å²) in [4.78, 5) is 11.9. The Labute approximate surface area is 130 Å². The average molecular weight is 402 g/mol. The Morgan fingerprint density at radius 3 is 2.67 bits per heavy atom. The Morgan fingerprint density at radius 1 is 1.28 bits per heavy atom. The first-order valence-corrected chi connectivity index (χ1v) is 7.43. The van der Waals surface area contributed by atoms with Gasteiger partial charge in [-0.2, -0.15) is 0 Å². The number of amides is 1. The minimum atomic E-state index is -0.173. The molecule has 3 nitrogen and oxygen atoms in total. The summed E-state index contributed by atoms with van der Waals surface area (Å²) >= 11 is 13.9. The van der Waals surface area contributed by atoms with Crippen LogP contribution in [0.2, 0.25) is 10.0 Å². The van der Waals surface area contributed by atoms with E-state index in [-0.39, 0.29) is 12.5 Å². The van der Waals surface area contributed by atoms with E-state index >= 15 is 0 Å². The molecule has 0 aliphatic rings. The SMILES string of the molecule is O=C(NCCCCCO)c1cc(Cl)cc(Cl)c1I. The number of hydrogen-bond donors (Lipinski definition) is 2. The maximum atomic E-state index is 11.9. The van der Waals surface area contributed by atoms with Crippen LogP contribution >= 0.6 is 45.8 Å². The molecule has 2 N–H and O–H groups in total.